The smallest absolute Gasteiger partial charge is 0.128 e. The van der Waals surface area contributed by atoms with Gasteiger partial charge in [0, 0.05) is 11.6 Å². The molecule has 0 aliphatic carbocycles. The zero-order chi connectivity index (χ0) is 13.8. The first kappa shape index (κ1) is 13.7. The fourth-order valence-corrected chi connectivity index (χ4v) is 2.21. The molecule has 0 heterocycles. The van der Waals surface area contributed by atoms with E-state index in [1.807, 2.05) is 31.2 Å². The Morgan fingerprint density at radius 3 is 2.53 bits per heavy atom. The number of halogens is 2. The molecule has 1 unspecified atom stereocenters. The maximum atomic E-state index is 13.8. The number of hydrogen-bond acceptors (Lipinski definition) is 1. The Hall–Kier alpha value is -1.74. The zero-order valence-corrected chi connectivity index (χ0v) is 11.1. The van der Waals surface area contributed by atoms with Gasteiger partial charge in [-0.1, -0.05) is 24.3 Å². The molecule has 100 valence electrons. The molecule has 0 aromatic heterocycles. The molecule has 0 fully saturated rings. The van der Waals surface area contributed by atoms with Crippen molar-refractivity contribution in [2.75, 3.05) is 7.05 Å². The van der Waals surface area contributed by atoms with Crippen molar-refractivity contribution in [1.29, 1.82) is 0 Å². The van der Waals surface area contributed by atoms with Gasteiger partial charge in [0.2, 0.25) is 0 Å². The van der Waals surface area contributed by atoms with Gasteiger partial charge >= 0.3 is 0 Å². The lowest BCUT2D eigenvalue weighted by atomic mass is 9.96. The Kier molecular flexibility index (Phi) is 4.27. The van der Waals surface area contributed by atoms with Crippen LogP contribution in [0.1, 0.15) is 22.7 Å². The number of benzene rings is 2. The average Bonchev–Trinajstić information content (AvgIpc) is 2.41. The minimum Gasteiger partial charge on any atom is -0.313 e. The van der Waals surface area contributed by atoms with E-state index in [2.05, 4.69) is 5.32 Å². The van der Waals surface area contributed by atoms with Gasteiger partial charge in [-0.15, -0.1) is 0 Å². The molecule has 0 saturated heterocycles. The molecule has 0 saturated carbocycles. The van der Waals surface area contributed by atoms with Crippen LogP contribution in [0.2, 0.25) is 0 Å². The van der Waals surface area contributed by atoms with Gasteiger partial charge in [0.1, 0.15) is 11.6 Å². The zero-order valence-electron chi connectivity index (χ0n) is 11.1. The van der Waals surface area contributed by atoms with Gasteiger partial charge in [-0.25, -0.2) is 8.78 Å². The lowest BCUT2D eigenvalue weighted by Gasteiger charge is -2.18. The van der Waals surface area contributed by atoms with E-state index in [0.717, 1.165) is 17.2 Å². The highest BCUT2D eigenvalue weighted by Crippen LogP contribution is 2.23. The van der Waals surface area contributed by atoms with Crippen LogP contribution < -0.4 is 5.32 Å². The highest BCUT2D eigenvalue weighted by Gasteiger charge is 2.16. The van der Waals surface area contributed by atoms with Crippen molar-refractivity contribution < 1.29 is 8.78 Å². The van der Waals surface area contributed by atoms with Crippen LogP contribution in [-0.2, 0) is 6.42 Å². The maximum Gasteiger partial charge on any atom is 0.128 e. The van der Waals surface area contributed by atoms with E-state index >= 15 is 0 Å². The quantitative estimate of drug-likeness (QED) is 0.883. The van der Waals surface area contributed by atoms with Gasteiger partial charge < -0.3 is 5.32 Å². The van der Waals surface area contributed by atoms with Gasteiger partial charge in [-0.05, 0) is 49.7 Å². The first-order valence-corrected chi connectivity index (χ1v) is 6.28. The minimum atomic E-state index is -0.415. The van der Waals surface area contributed by atoms with Crippen LogP contribution in [0.3, 0.4) is 0 Å². The topological polar surface area (TPSA) is 12.0 Å². The van der Waals surface area contributed by atoms with Crippen molar-refractivity contribution >= 4 is 0 Å². The molecule has 1 atom stereocenters. The fourth-order valence-electron chi connectivity index (χ4n) is 2.21. The third-order valence-electron chi connectivity index (χ3n) is 3.37. The molecule has 3 heteroatoms. The lowest BCUT2D eigenvalue weighted by molar-refractivity contribution is 0.522. The van der Waals surface area contributed by atoms with E-state index in [1.54, 1.807) is 7.05 Å². The van der Waals surface area contributed by atoms with E-state index in [1.165, 1.54) is 12.1 Å². The second-order valence-corrected chi connectivity index (χ2v) is 4.64. The first-order valence-electron chi connectivity index (χ1n) is 6.28. The molecular weight excluding hydrogens is 244 g/mol. The molecule has 2 aromatic rings. The van der Waals surface area contributed by atoms with E-state index < -0.39 is 5.82 Å². The number of nitrogens with one attached hydrogen (secondary N) is 1. The number of rotatable bonds is 4. The van der Waals surface area contributed by atoms with Crippen LogP contribution in [-0.4, -0.2) is 7.05 Å². The summed E-state index contributed by atoms with van der Waals surface area (Å²) in [6, 6.07) is 11.3. The molecule has 0 radical (unpaired) electrons. The number of likely N-dealkylation sites (N-methyl/N-ethyl adjacent to an activating group) is 1. The molecule has 2 aromatic carbocycles. The highest BCUT2D eigenvalue weighted by molar-refractivity contribution is 5.30. The molecule has 0 amide bonds. The van der Waals surface area contributed by atoms with Gasteiger partial charge in [0.05, 0.1) is 0 Å². The lowest BCUT2D eigenvalue weighted by Crippen LogP contribution is -2.20. The van der Waals surface area contributed by atoms with Crippen LogP contribution in [0.5, 0.6) is 0 Å². The van der Waals surface area contributed by atoms with Crippen LogP contribution >= 0.6 is 0 Å². The predicted molar refractivity (Wildman–Crippen MR) is 73.0 cm³/mol. The van der Waals surface area contributed by atoms with E-state index in [0.29, 0.717) is 12.0 Å². The van der Waals surface area contributed by atoms with Crippen LogP contribution in [0.15, 0.2) is 42.5 Å². The second-order valence-electron chi connectivity index (χ2n) is 4.64. The van der Waals surface area contributed by atoms with Crippen molar-refractivity contribution in [3.63, 3.8) is 0 Å². The number of hydrogen-bond donors (Lipinski definition) is 1. The van der Waals surface area contributed by atoms with E-state index in [4.69, 9.17) is 0 Å². The van der Waals surface area contributed by atoms with Crippen LogP contribution in [0, 0.1) is 18.6 Å². The monoisotopic (exact) mass is 261 g/mol. The molecule has 0 aliphatic rings. The Morgan fingerprint density at radius 2 is 1.84 bits per heavy atom. The highest BCUT2D eigenvalue weighted by atomic mass is 19.1. The summed E-state index contributed by atoms with van der Waals surface area (Å²) < 4.78 is 27.1. The Bertz CT molecular complexity index is 566. The van der Waals surface area contributed by atoms with Crippen molar-refractivity contribution in [3.8, 4) is 0 Å². The molecule has 0 bridgehead atoms. The van der Waals surface area contributed by atoms with Crippen molar-refractivity contribution in [2.45, 2.75) is 19.4 Å². The molecular formula is C16H17F2N. The minimum absolute atomic E-state index is 0.239. The standard InChI is InChI=1S/C16H17F2N/c1-11-5-3-4-6-12(11)9-16(19-2)14-10-13(17)7-8-15(14)18/h3-8,10,16,19H,9H2,1-2H3. The predicted octanol–water partition coefficient (Wildman–Crippen LogP) is 3.78. The maximum absolute atomic E-state index is 13.8. The molecule has 2 rings (SSSR count). The number of aryl methyl sites for hydroxylation is 1. The SMILES string of the molecule is CNC(Cc1ccccc1C)c1cc(F)ccc1F. The summed E-state index contributed by atoms with van der Waals surface area (Å²) >= 11 is 0. The van der Waals surface area contributed by atoms with Crippen LogP contribution in [0.4, 0.5) is 8.78 Å². The summed E-state index contributed by atoms with van der Waals surface area (Å²) in [6.45, 7) is 2.02. The van der Waals surface area contributed by atoms with E-state index in [9.17, 15) is 8.78 Å². The van der Waals surface area contributed by atoms with Crippen LogP contribution in [0.25, 0.3) is 0 Å². The fraction of sp³-hybridized carbons (Fsp3) is 0.250. The third-order valence-corrected chi connectivity index (χ3v) is 3.37. The molecule has 0 aliphatic heterocycles. The molecule has 19 heavy (non-hydrogen) atoms. The average molecular weight is 261 g/mol. The first-order chi connectivity index (χ1) is 9.11. The Balaban J connectivity index is 2.30. The van der Waals surface area contributed by atoms with Crippen molar-refractivity contribution in [2.24, 2.45) is 0 Å². The van der Waals surface area contributed by atoms with E-state index in [-0.39, 0.29) is 11.9 Å². The van der Waals surface area contributed by atoms with Gasteiger partial charge in [0.15, 0.2) is 0 Å². The molecule has 1 N–H and O–H groups in total. The summed E-state index contributed by atoms with van der Waals surface area (Å²) in [5.74, 6) is -0.796. The summed E-state index contributed by atoms with van der Waals surface area (Å²) in [5, 5.41) is 3.06. The summed E-state index contributed by atoms with van der Waals surface area (Å²) in [5.41, 5.74) is 2.65. The largest absolute Gasteiger partial charge is 0.313 e. The summed E-state index contributed by atoms with van der Waals surface area (Å²) in [4.78, 5) is 0. The van der Waals surface area contributed by atoms with Crippen molar-refractivity contribution in [1.82, 2.24) is 5.32 Å². The second kappa shape index (κ2) is 5.93. The summed E-state index contributed by atoms with van der Waals surface area (Å²) in [7, 11) is 1.76. The van der Waals surface area contributed by atoms with Gasteiger partial charge in [-0.3, -0.25) is 0 Å². The summed E-state index contributed by atoms with van der Waals surface area (Å²) in [6.07, 6.45) is 0.629. The van der Waals surface area contributed by atoms with Gasteiger partial charge in [-0.2, -0.15) is 0 Å². The normalized spacial score (nSPS) is 12.4. The third kappa shape index (κ3) is 3.18. The van der Waals surface area contributed by atoms with Gasteiger partial charge in [0.25, 0.3) is 0 Å². The Morgan fingerprint density at radius 1 is 1.11 bits per heavy atom. The Labute approximate surface area is 112 Å². The molecule has 1 nitrogen and oxygen atoms in total. The van der Waals surface area contributed by atoms with Crippen molar-refractivity contribution in [3.05, 3.63) is 70.8 Å². The molecule has 0 spiro atoms.